The Morgan fingerprint density at radius 3 is 2.11 bits per heavy atom. The maximum absolute atomic E-state index is 13.4. The van der Waals surface area contributed by atoms with Crippen LogP contribution in [-0.4, -0.2) is 0 Å². The summed E-state index contributed by atoms with van der Waals surface area (Å²) in [6.45, 7) is 0.110. The van der Waals surface area contributed by atoms with E-state index in [9.17, 15) is 8.78 Å². The number of benzene rings is 2. The highest BCUT2D eigenvalue weighted by Crippen LogP contribution is 2.16. The standard InChI is InChI=1S/C14H12ClF2N/c15-8-10-4-6-11(7-5-10)18-9-12-13(16)2-1-3-14(12)17/h1-7,18H,8-9H2. The fourth-order valence-electron chi connectivity index (χ4n) is 1.60. The second-order valence-electron chi connectivity index (χ2n) is 3.88. The Balaban J connectivity index is 2.06. The van der Waals surface area contributed by atoms with Gasteiger partial charge in [0.2, 0.25) is 0 Å². The zero-order valence-electron chi connectivity index (χ0n) is 9.59. The molecule has 0 fully saturated rings. The van der Waals surface area contributed by atoms with Gasteiger partial charge in [-0.15, -0.1) is 11.6 Å². The maximum atomic E-state index is 13.4. The van der Waals surface area contributed by atoms with E-state index >= 15 is 0 Å². The second kappa shape index (κ2) is 5.83. The molecule has 0 bridgehead atoms. The van der Waals surface area contributed by atoms with Crippen LogP contribution in [0.2, 0.25) is 0 Å². The molecule has 18 heavy (non-hydrogen) atoms. The minimum Gasteiger partial charge on any atom is -0.381 e. The molecule has 2 aromatic carbocycles. The Morgan fingerprint density at radius 1 is 0.944 bits per heavy atom. The molecule has 0 amide bonds. The molecule has 0 aromatic heterocycles. The number of anilines is 1. The van der Waals surface area contributed by atoms with E-state index in [-0.39, 0.29) is 12.1 Å². The quantitative estimate of drug-likeness (QED) is 0.814. The van der Waals surface area contributed by atoms with Crippen molar-refractivity contribution >= 4 is 17.3 Å². The zero-order chi connectivity index (χ0) is 13.0. The lowest BCUT2D eigenvalue weighted by molar-refractivity contribution is 0.560. The molecule has 0 spiro atoms. The van der Waals surface area contributed by atoms with Crippen LogP contribution in [0.15, 0.2) is 42.5 Å². The largest absolute Gasteiger partial charge is 0.381 e. The van der Waals surface area contributed by atoms with Crippen molar-refractivity contribution in [2.75, 3.05) is 5.32 Å². The number of nitrogens with one attached hydrogen (secondary N) is 1. The highest BCUT2D eigenvalue weighted by atomic mass is 35.5. The molecule has 1 N–H and O–H groups in total. The zero-order valence-corrected chi connectivity index (χ0v) is 10.3. The Hall–Kier alpha value is -1.61. The normalized spacial score (nSPS) is 10.4. The van der Waals surface area contributed by atoms with Crippen molar-refractivity contribution in [3.05, 3.63) is 65.2 Å². The lowest BCUT2D eigenvalue weighted by atomic mass is 10.2. The van der Waals surface area contributed by atoms with Gasteiger partial charge in [-0.3, -0.25) is 0 Å². The van der Waals surface area contributed by atoms with Gasteiger partial charge in [0.1, 0.15) is 11.6 Å². The SMILES string of the molecule is Fc1cccc(F)c1CNc1ccc(CCl)cc1. The summed E-state index contributed by atoms with van der Waals surface area (Å²) in [6.07, 6.45) is 0. The van der Waals surface area contributed by atoms with E-state index < -0.39 is 11.6 Å². The van der Waals surface area contributed by atoms with Gasteiger partial charge in [-0.2, -0.15) is 0 Å². The van der Waals surface area contributed by atoms with Crippen molar-refractivity contribution < 1.29 is 8.78 Å². The van der Waals surface area contributed by atoms with Crippen LogP contribution in [0, 0.1) is 11.6 Å². The van der Waals surface area contributed by atoms with Gasteiger partial charge >= 0.3 is 0 Å². The van der Waals surface area contributed by atoms with Crippen molar-refractivity contribution in [3.8, 4) is 0 Å². The summed E-state index contributed by atoms with van der Waals surface area (Å²) in [7, 11) is 0. The molecule has 94 valence electrons. The van der Waals surface area contributed by atoms with Crippen molar-refractivity contribution in [2.45, 2.75) is 12.4 Å². The minimum absolute atomic E-state index is 0.0407. The Labute approximate surface area is 109 Å². The predicted molar refractivity (Wildman–Crippen MR) is 69.7 cm³/mol. The summed E-state index contributed by atoms with van der Waals surface area (Å²) in [5.41, 5.74) is 1.84. The Bertz CT molecular complexity index is 506. The van der Waals surface area contributed by atoms with Crippen molar-refractivity contribution in [1.29, 1.82) is 0 Å². The average Bonchev–Trinajstić information content (AvgIpc) is 2.39. The first-order chi connectivity index (χ1) is 8.70. The topological polar surface area (TPSA) is 12.0 Å². The van der Waals surface area contributed by atoms with Crippen LogP contribution in [0.5, 0.6) is 0 Å². The van der Waals surface area contributed by atoms with Gasteiger partial charge in [-0.1, -0.05) is 18.2 Å². The number of rotatable bonds is 4. The van der Waals surface area contributed by atoms with Gasteiger partial charge in [0.25, 0.3) is 0 Å². The molecule has 0 unspecified atom stereocenters. The summed E-state index contributed by atoms with van der Waals surface area (Å²) in [4.78, 5) is 0. The Kier molecular flexibility index (Phi) is 4.15. The summed E-state index contributed by atoms with van der Waals surface area (Å²) >= 11 is 5.67. The van der Waals surface area contributed by atoms with E-state index in [4.69, 9.17) is 11.6 Å². The number of halogens is 3. The van der Waals surface area contributed by atoms with Gasteiger partial charge in [0, 0.05) is 23.7 Å². The molecular weight excluding hydrogens is 256 g/mol. The molecule has 0 aliphatic carbocycles. The van der Waals surface area contributed by atoms with Crippen LogP contribution in [0.25, 0.3) is 0 Å². The molecule has 0 aliphatic heterocycles. The highest BCUT2D eigenvalue weighted by molar-refractivity contribution is 6.17. The van der Waals surface area contributed by atoms with Crippen LogP contribution in [0.1, 0.15) is 11.1 Å². The number of hydrogen-bond acceptors (Lipinski definition) is 1. The molecule has 0 radical (unpaired) electrons. The fourth-order valence-corrected chi connectivity index (χ4v) is 1.78. The van der Waals surface area contributed by atoms with E-state index in [2.05, 4.69) is 5.32 Å². The van der Waals surface area contributed by atoms with Gasteiger partial charge in [0.15, 0.2) is 0 Å². The summed E-state index contributed by atoms with van der Waals surface area (Å²) in [5, 5.41) is 2.97. The molecule has 4 heteroatoms. The summed E-state index contributed by atoms with van der Waals surface area (Å²) in [5.74, 6) is -0.637. The molecule has 0 heterocycles. The van der Waals surface area contributed by atoms with Gasteiger partial charge in [-0.05, 0) is 29.8 Å². The molecule has 2 rings (SSSR count). The van der Waals surface area contributed by atoms with E-state index in [0.717, 1.165) is 11.3 Å². The predicted octanol–water partition coefficient (Wildman–Crippen LogP) is 4.32. The van der Waals surface area contributed by atoms with Crippen molar-refractivity contribution in [1.82, 2.24) is 0 Å². The van der Waals surface area contributed by atoms with E-state index in [1.54, 1.807) is 0 Å². The first kappa shape index (κ1) is 12.8. The number of hydrogen-bond donors (Lipinski definition) is 1. The smallest absolute Gasteiger partial charge is 0.131 e. The van der Waals surface area contributed by atoms with Gasteiger partial charge in [0.05, 0.1) is 0 Å². The monoisotopic (exact) mass is 267 g/mol. The third-order valence-electron chi connectivity index (χ3n) is 2.64. The second-order valence-corrected chi connectivity index (χ2v) is 4.15. The third-order valence-corrected chi connectivity index (χ3v) is 2.95. The maximum Gasteiger partial charge on any atom is 0.131 e. The summed E-state index contributed by atoms with van der Waals surface area (Å²) in [6, 6.07) is 11.2. The molecule has 0 aliphatic rings. The average molecular weight is 268 g/mol. The van der Waals surface area contributed by atoms with E-state index in [1.165, 1.54) is 18.2 Å². The number of alkyl halides is 1. The lowest BCUT2D eigenvalue weighted by Crippen LogP contribution is -2.04. The van der Waals surface area contributed by atoms with Crippen LogP contribution >= 0.6 is 11.6 Å². The van der Waals surface area contributed by atoms with E-state index in [1.807, 2.05) is 24.3 Å². The fraction of sp³-hybridized carbons (Fsp3) is 0.143. The minimum atomic E-state index is -0.542. The van der Waals surface area contributed by atoms with Crippen LogP contribution in [-0.2, 0) is 12.4 Å². The first-order valence-electron chi connectivity index (χ1n) is 5.52. The van der Waals surface area contributed by atoms with Gasteiger partial charge < -0.3 is 5.32 Å². The van der Waals surface area contributed by atoms with Crippen LogP contribution in [0.4, 0.5) is 14.5 Å². The van der Waals surface area contributed by atoms with Gasteiger partial charge in [-0.25, -0.2) is 8.78 Å². The summed E-state index contributed by atoms with van der Waals surface area (Å²) < 4.78 is 26.7. The third kappa shape index (κ3) is 2.99. The first-order valence-corrected chi connectivity index (χ1v) is 6.06. The van der Waals surface area contributed by atoms with Crippen LogP contribution < -0.4 is 5.32 Å². The van der Waals surface area contributed by atoms with Crippen LogP contribution in [0.3, 0.4) is 0 Å². The highest BCUT2D eigenvalue weighted by Gasteiger charge is 2.07. The molecule has 0 saturated heterocycles. The lowest BCUT2D eigenvalue weighted by Gasteiger charge is -2.08. The van der Waals surface area contributed by atoms with E-state index in [0.29, 0.717) is 5.88 Å². The molecule has 1 nitrogen and oxygen atoms in total. The molecule has 2 aromatic rings. The molecular formula is C14H12ClF2N. The molecule has 0 saturated carbocycles. The van der Waals surface area contributed by atoms with Crippen molar-refractivity contribution in [2.24, 2.45) is 0 Å². The Morgan fingerprint density at radius 2 is 1.56 bits per heavy atom. The van der Waals surface area contributed by atoms with Crippen molar-refractivity contribution in [3.63, 3.8) is 0 Å². The molecule has 0 atom stereocenters.